The van der Waals surface area contributed by atoms with Crippen molar-refractivity contribution in [3.05, 3.63) is 35.9 Å². The molecule has 1 aromatic rings. The highest BCUT2D eigenvalue weighted by Crippen LogP contribution is 2.08. The van der Waals surface area contributed by atoms with E-state index in [1.807, 2.05) is 18.2 Å². The van der Waals surface area contributed by atoms with Gasteiger partial charge in [0.2, 0.25) is 0 Å². The van der Waals surface area contributed by atoms with Crippen LogP contribution in [-0.4, -0.2) is 17.8 Å². The summed E-state index contributed by atoms with van der Waals surface area (Å²) in [6.07, 6.45) is 1.09. The molecule has 0 saturated carbocycles. The lowest BCUT2D eigenvalue weighted by Gasteiger charge is -2.22. The Morgan fingerprint density at radius 1 is 1.27 bits per heavy atom. The van der Waals surface area contributed by atoms with Crippen LogP contribution in [0.15, 0.2) is 30.3 Å². The Morgan fingerprint density at radius 2 is 1.93 bits per heavy atom. The van der Waals surface area contributed by atoms with Crippen molar-refractivity contribution in [2.75, 3.05) is 6.61 Å². The quantitative estimate of drug-likeness (QED) is 0.749. The lowest BCUT2D eigenvalue weighted by Crippen LogP contribution is -2.37. The molecule has 1 aromatic carbocycles. The van der Waals surface area contributed by atoms with Gasteiger partial charge < -0.3 is 10.4 Å². The molecule has 0 aromatic heterocycles. The van der Waals surface area contributed by atoms with Gasteiger partial charge in [0.1, 0.15) is 0 Å². The standard InChI is InChI=1S/C13H21NO/c1-3-11(2)13(10-15)14-9-12-7-5-4-6-8-12/h4-8,11,13-15H,3,9-10H2,1-2H3. The Hall–Kier alpha value is -0.860. The molecular formula is C13H21NO. The van der Waals surface area contributed by atoms with Crippen LogP contribution in [0.4, 0.5) is 0 Å². The van der Waals surface area contributed by atoms with E-state index in [1.165, 1.54) is 5.56 Å². The smallest absolute Gasteiger partial charge is 0.0587 e. The second kappa shape index (κ2) is 6.59. The van der Waals surface area contributed by atoms with Crippen molar-refractivity contribution in [1.29, 1.82) is 0 Å². The predicted molar refractivity (Wildman–Crippen MR) is 63.6 cm³/mol. The zero-order valence-corrected chi connectivity index (χ0v) is 9.61. The Labute approximate surface area is 92.3 Å². The molecule has 2 N–H and O–H groups in total. The van der Waals surface area contributed by atoms with Crippen LogP contribution < -0.4 is 5.32 Å². The van der Waals surface area contributed by atoms with E-state index >= 15 is 0 Å². The highest BCUT2D eigenvalue weighted by molar-refractivity contribution is 5.14. The first-order valence-electron chi connectivity index (χ1n) is 5.66. The number of hydrogen-bond acceptors (Lipinski definition) is 2. The average Bonchev–Trinajstić information content (AvgIpc) is 2.31. The molecule has 0 saturated heterocycles. The minimum Gasteiger partial charge on any atom is -0.395 e. The molecule has 0 fully saturated rings. The first kappa shape index (κ1) is 12.2. The van der Waals surface area contributed by atoms with Crippen LogP contribution in [0.5, 0.6) is 0 Å². The van der Waals surface area contributed by atoms with Crippen LogP contribution in [0.3, 0.4) is 0 Å². The van der Waals surface area contributed by atoms with Crippen molar-refractivity contribution in [1.82, 2.24) is 5.32 Å². The molecule has 0 radical (unpaired) electrons. The van der Waals surface area contributed by atoms with Gasteiger partial charge in [-0.05, 0) is 11.5 Å². The molecule has 0 aliphatic rings. The van der Waals surface area contributed by atoms with Crippen molar-refractivity contribution in [3.8, 4) is 0 Å². The van der Waals surface area contributed by atoms with E-state index in [1.54, 1.807) is 0 Å². The van der Waals surface area contributed by atoms with Gasteiger partial charge in [0.25, 0.3) is 0 Å². The number of hydrogen-bond donors (Lipinski definition) is 2. The van der Waals surface area contributed by atoms with Crippen molar-refractivity contribution >= 4 is 0 Å². The van der Waals surface area contributed by atoms with Gasteiger partial charge in [-0.2, -0.15) is 0 Å². The van der Waals surface area contributed by atoms with E-state index in [2.05, 4.69) is 31.3 Å². The molecule has 1 rings (SSSR count). The second-order valence-electron chi connectivity index (χ2n) is 4.04. The average molecular weight is 207 g/mol. The Morgan fingerprint density at radius 3 is 2.47 bits per heavy atom. The largest absolute Gasteiger partial charge is 0.395 e. The first-order valence-corrected chi connectivity index (χ1v) is 5.66. The zero-order valence-electron chi connectivity index (χ0n) is 9.61. The summed E-state index contributed by atoms with van der Waals surface area (Å²) in [7, 11) is 0. The molecule has 2 atom stereocenters. The summed E-state index contributed by atoms with van der Waals surface area (Å²) >= 11 is 0. The van der Waals surface area contributed by atoms with E-state index in [9.17, 15) is 5.11 Å². The fraction of sp³-hybridized carbons (Fsp3) is 0.538. The zero-order chi connectivity index (χ0) is 11.1. The first-order chi connectivity index (χ1) is 7.27. The Bertz CT molecular complexity index is 260. The number of rotatable bonds is 6. The van der Waals surface area contributed by atoms with Gasteiger partial charge in [0.15, 0.2) is 0 Å². The molecule has 0 heterocycles. The summed E-state index contributed by atoms with van der Waals surface area (Å²) < 4.78 is 0. The molecule has 0 aliphatic carbocycles. The van der Waals surface area contributed by atoms with Crippen molar-refractivity contribution < 1.29 is 5.11 Å². The summed E-state index contributed by atoms with van der Waals surface area (Å²) in [5.41, 5.74) is 1.26. The molecule has 2 heteroatoms. The molecule has 15 heavy (non-hydrogen) atoms. The minimum atomic E-state index is 0.204. The van der Waals surface area contributed by atoms with Crippen LogP contribution in [0.2, 0.25) is 0 Å². The summed E-state index contributed by atoms with van der Waals surface area (Å²) in [5, 5.41) is 12.6. The molecule has 2 unspecified atom stereocenters. The lowest BCUT2D eigenvalue weighted by molar-refractivity contribution is 0.201. The van der Waals surface area contributed by atoms with Crippen LogP contribution >= 0.6 is 0 Å². The van der Waals surface area contributed by atoms with Gasteiger partial charge in [-0.15, -0.1) is 0 Å². The van der Waals surface area contributed by atoms with E-state index in [0.717, 1.165) is 13.0 Å². The lowest BCUT2D eigenvalue weighted by atomic mass is 10.00. The summed E-state index contributed by atoms with van der Waals surface area (Å²) in [6, 6.07) is 10.5. The Balaban J connectivity index is 2.41. The monoisotopic (exact) mass is 207 g/mol. The van der Waals surface area contributed by atoms with Gasteiger partial charge in [0.05, 0.1) is 6.61 Å². The maximum Gasteiger partial charge on any atom is 0.0587 e. The van der Waals surface area contributed by atoms with Crippen LogP contribution in [0.25, 0.3) is 0 Å². The fourth-order valence-corrected chi connectivity index (χ4v) is 1.58. The van der Waals surface area contributed by atoms with Crippen LogP contribution in [0, 0.1) is 5.92 Å². The highest BCUT2D eigenvalue weighted by atomic mass is 16.3. The molecule has 84 valence electrons. The third-order valence-corrected chi connectivity index (χ3v) is 2.94. The van der Waals surface area contributed by atoms with E-state index in [0.29, 0.717) is 5.92 Å². The number of aliphatic hydroxyl groups is 1. The SMILES string of the molecule is CCC(C)C(CO)NCc1ccccc1. The van der Waals surface area contributed by atoms with Gasteiger partial charge >= 0.3 is 0 Å². The Kier molecular flexibility index (Phi) is 5.37. The van der Waals surface area contributed by atoms with Gasteiger partial charge in [-0.3, -0.25) is 0 Å². The number of nitrogens with one attached hydrogen (secondary N) is 1. The molecule has 2 nitrogen and oxygen atoms in total. The summed E-state index contributed by atoms with van der Waals surface area (Å²) in [5.74, 6) is 0.513. The van der Waals surface area contributed by atoms with E-state index < -0.39 is 0 Å². The topological polar surface area (TPSA) is 32.3 Å². The van der Waals surface area contributed by atoms with Crippen LogP contribution in [0.1, 0.15) is 25.8 Å². The summed E-state index contributed by atoms with van der Waals surface area (Å²) in [6.45, 7) is 5.36. The third-order valence-electron chi connectivity index (χ3n) is 2.94. The third kappa shape index (κ3) is 4.02. The summed E-state index contributed by atoms with van der Waals surface area (Å²) in [4.78, 5) is 0. The minimum absolute atomic E-state index is 0.204. The predicted octanol–water partition coefficient (Wildman–Crippen LogP) is 2.18. The maximum absolute atomic E-state index is 9.24. The van der Waals surface area contributed by atoms with Gasteiger partial charge in [-0.1, -0.05) is 50.6 Å². The van der Waals surface area contributed by atoms with Gasteiger partial charge in [-0.25, -0.2) is 0 Å². The molecule has 0 aliphatic heterocycles. The van der Waals surface area contributed by atoms with E-state index in [-0.39, 0.29) is 12.6 Å². The molecule has 0 amide bonds. The normalized spacial score (nSPS) is 14.9. The fourth-order valence-electron chi connectivity index (χ4n) is 1.58. The van der Waals surface area contributed by atoms with Crippen molar-refractivity contribution in [3.63, 3.8) is 0 Å². The molecule has 0 spiro atoms. The number of aliphatic hydroxyl groups excluding tert-OH is 1. The van der Waals surface area contributed by atoms with Crippen molar-refractivity contribution in [2.24, 2.45) is 5.92 Å². The molecular weight excluding hydrogens is 186 g/mol. The number of benzene rings is 1. The molecule has 0 bridgehead atoms. The van der Waals surface area contributed by atoms with E-state index in [4.69, 9.17) is 0 Å². The van der Waals surface area contributed by atoms with Crippen molar-refractivity contribution in [2.45, 2.75) is 32.9 Å². The van der Waals surface area contributed by atoms with Crippen LogP contribution in [-0.2, 0) is 6.54 Å². The maximum atomic E-state index is 9.24. The van der Waals surface area contributed by atoms with Gasteiger partial charge in [0, 0.05) is 12.6 Å². The highest BCUT2D eigenvalue weighted by Gasteiger charge is 2.13. The second-order valence-corrected chi connectivity index (χ2v) is 4.04.